The van der Waals surface area contributed by atoms with Crippen LogP contribution in [0.15, 0.2) is 12.3 Å². The first-order valence-electron chi connectivity index (χ1n) is 5.05. The summed E-state index contributed by atoms with van der Waals surface area (Å²) in [6, 6.07) is 1.62. The van der Waals surface area contributed by atoms with E-state index in [0.29, 0.717) is 11.6 Å². The van der Waals surface area contributed by atoms with Gasteiger partial charge in [-0.3, -0.25) is 4.72 Å². The van der Waals surface area contributed by atoms with Crippen molar-refractivity contribution in [2.45, 2.75) is 25.9 Å². The molecule has 1 N–H and O–H groups in total. The zero-order valence-electron chi connectivity index (χ0n) is 9.23. The van der Waals surface area contributed by atoms with Crippen molar-refractivity contribution in [3.63, 3.8) is 0 Å². The smallest absolute Gasteiger partial charge is 0.230 e. The van der Waals surface area contributed by atoms with E-state index in [1.54, 1.807) is 12.3 Å². The van der Waals surface area contributed by atoms with Gasteiger partial charge in [0.2, 0.25) is 10.0 Å². The third-order valence-corrected chi connectivity index (χ3v) is 2.74. The Morgan fingerprint density at radius 1 is 1.50 bits per heavy atom. The van der Waals surface area contributed by atoms with Gasteiger partial charge in [0.05, 0.1) is 12.4 Å². The second-order valence-corrected chi connectivity index (χ2v) is 5.77. The maximum Gasteiger partial charge on any atom is 0.230 e. The van der Waals surface area contributed by atoms with E-state index in [1.165, 1.54) is 0 Å². The molecule has 0 unspecified atom stereocenters. The van der Waals surface area contributed by atoms with Crippen LogP contribution >= 0.6 is 0 Å². The summed E-state index contributed by atoms with van der Waals surface area (Å²) in [6.45, 7) is 1.88. The first kappa shape index (κ1) is 11.2. The van der Waals surface area contributed by atoms with Gasteiger partial charge in [0.15, 0.2) is 0 Å². The van der Waals surface area contributed by atoms with Gasteiger partial charge < -0.3 is 4.74 Å². The number of pyridine rings is 1. The van der Waals surface area contributed by atoms with Gasteiger partial charge in [0, 0.05) is 17.8 Å². The number of anilines is 1. The van der Waals surface area contributed by atoms with Crippen molar-refractivity contribution in [2.75, 3.05) is 11.0 Å². The van der Waals surface area contributed by atoms with Crippen LogP contribution in [0.4, 0.5) is 5.82 Å². The first-order valence-corrected chi connectivity index (χ1v) is 6.94. The Morgan fingerprint density at radius 3 is 2.75 bits per heavy atom. The van der Waals surface area contributed by atoms with Crippen LogP contribution in [0.5, 0.6) is 5.75 Å². The summed E-state index contributed by atoms with van der Waals surface area (Å²) in [5.74, 6) is 0.993. The summed E-state index contributed by atoms with van der Waals surface area (Å²) in [5, 5.41) is 0. The molecule has 1 aliphatic carbocycles. The average molecular weight is 242 g/mol. The third kappa shape index (κ3) is 3.10. The number of nitrogens with zero attached hydrogens (tertiary/aromatic N) is 1. The molecule has 1 aromatic rings. The van der Waals surface area contributed by atoms with Crippen LogP contribution in [-0.4, -0.2) is 25.8 Å². The average Bonchev–Trinajstić information content (AvgIpc) is 2.92. The van der Waals surface area contributed by atoms with Crippen LogP contribution < -0.4 is 9.46 Å². The molecule has 1 saturated carbocycles. The molecule has 6 heteroatoms. The topological polar surface area (TPSA) is 68.3 Å². The van der Waals surface area contributed by atoms with Crippen molar-refractivity contribution in [3.8, 4) is 5.75 Å². The maximum absolute atomic E-state index is 11.0. The predicted molar refractivity (Wildman–Crippen MR) is 61.1 cm³/mol. The molecule has 0 spiro atoms. The Balaban J connectivity index is 2.20. The van der Waals surface area contributed by atoms with Crippen molar-refractivity contribution in [3.05, 3.63) is 17.8 Å². The minimum Gasteiger partial charge on any atom is -0.490 e. The monoisotopic (exact) mass is 242 g/mol. The van der Waals surface area contributed by atoms with Crippen LogP contribution in [0, 0.1) is 6.92 Å². The summed E-state index contributed by atoms with van der Waals surface area (Å²) in [4.78, 5) is 3.98. The van der Waals surface area contributed by atoms with E-state index in [9.17, 15) is 8.42 Å². The van der Waals surface area contributed by atoms with Gasteiger partial charge in [-0.05, 0) is 19.8 Å². The molecule has 0 bridgehead atoms. The molecule has 5 nitrogen and oxygen atoms in total. The number of nitrogens with one attached hydrogen (secondary N) is 1. The molecular formula is C10H14N2O3S. The van der Waals surface area contributed by atoms with E-state index in [-0.39, 0.29) is 6.10 Å². The summed E-state index contributed by atoms with van der Waals surface area (Å²) < 4.78 is 30.0. The zero-order chi connectivity index (χ0) is 11.8. The summed E-state index contributed by atoms with van der Waals surface area (Å²) in [5.41, 5.74) is 0.908. The number of hydrogen-bond donors (Lipinski definition) is 1. The van der Waals surface area contributed by atoms with Gasteiger partial charge in [-0.15, -0.1) is 0 Å². The number of sulfonamides is 1. The Morgan fingerprint density at radius 2 is 2.19 bits per heavy atom. The van der Waals surface area contributed by atoms with E-state index < -0.39 is 10.0 Å². The van der Waals surface area contributed by atoms with Gasteiger partial charge in [-0.2, -0.15) is 0 Å². The first-order chi connectivity index (χ1) is 7.44. The fraction of sp³-hybridized carbons (Fsp3) is 0.500. The Hall–Kier alpha value is -1.30. The molecule has 0 radical (unpaired) electrons. The molecule has 2 rings (SSSR count). The largest absolute Gasteiger partial charge is 0.490 e. The van der Waals surface area contributed by atoms with E-state index in [1.807, 2.05) is 6.92 Å². The van der Waals surface area contributed by atoms with Gasteiger partial charge in [-0.1, -0.05) is 0 Å². The number of ether oxygens (including phenoxy) is 1. The molecule has 16 heavy (non-hydrogen) atoms. The molecular weight excluding hydrogens is 228 g/mol. The lowest BCUT2D eigenvalue weighted by atomic mass is 10.3. The van der Waals surface area contributed by atoms with Crippen molar-refractivity contribution < 1.29 is 13.2 Å². The molecule has 1 fully saturated rings. The normalized spacial score (nSPS) is 15.9. The van der Waals surface area contributed by atoms with Gasteiger partial charge in [-0.25, -0.2) is 13.4 Å². The van der Waals surface area contributed by atoms with E-state index in [0.717, 1.165) is 24.7 Å². The SMILES string of the molecule is Cc1cnc(NS(C)(=O)=O)cc1OC1CC1. The highest BCUT2D eigenvalue weighted by Gasteiger charge is 2.24. The van der Waals surface area contributed by atoms with Crippen molar-refractivity contribution in [2.24, 2.45) is 0 Å². The highest BCUT2D eigenvalue weighted by Crippen LogP contribution is 2.29. The lowest BCUT2D eigenvalue weighted by Crippen LogP contribution is -2.11. The van der Waals surface area contributed by atoms with Crippen LogP contribution in [0.2, 0.25) is 0 Å². The molecule has 1 aliphatic rings. The van der Waals surface area contributed by atoms with Crippen molar-refractivity contribution in [1.82, 2.24) is 4.98 Å². The fourth-order valence-electron chi connectivity index (χ4n) is 1.24. The lowest BCUT2D eigenvalue weighted by Gasteiger charge is -2.09. The van der Waals surface area contributed by atoms with E-state index in [2.05, 4.69) is 9.71 Å². The van der Waals surface area contributed by atoms with Gasteiger partial charge >= 0.3 is 0 Å². The minimum absolute atomic E-state index is 0.284. The Labute approximate surface area is 94.9 Å². The zero-order valence-corrected chi connectivity index (χ0v) is 10.0. The fourth-order valence-corrected chi connectivity index (χ4v) is 1.73. The molecule has 1 aromatic heterocycles. The molecule has 0 amide bonds. The van der Waals surface area contributed by atoms with Crippen LogP contribution in [0.1, 0.15) is 18.4 Å². The predicted octanol–water partition coefficient (Wildman–Crippen LogP) is 1.30. The molecule has 0 aromatic carbocycles. The second-order valence-electron chi connectivity index (χ2n) is 4.03. The van der Waals surface area contributed by atoms with E-state index >= 15 is 0 Å². The minimum atomic E-state index is -3.29. The molecule has 0 atom stereocenters. The van der Waals surface area contributed by atoms with E-state index in [4.69, 9.17) is 4.74 Å². The summed E-state index contributed by atoms with van der Waals surface area (Å²) in [6.07, 6.45) is 5.11. The number of aryl methyl sites for hydroxylation is 1. The summed E-state index contributed by atoms with van der Waals surface area (Å²) >= 11 is 0. The third-order valence-electron chi connectivity index (χ3n) is 2.16. The number of hydrogen-bond acceptors (Lipinski definition) is 4. The van der Waals surface area contributed by atoms with Gasteiger partial charge in [0.1, 0.15) is 11.6 Å². The maximum atomic E-state index is 11.0. The van der Waals surface area contributed by atoms with Crippen LogP contribution in [0.25, 0.3) is 0 Å². The Bertz CT molecular complexity index is 495. The summed E-state index contributed by atoms with van der Waals surface area (Å²) in [7, 11) is -3.29. The lowest BCUT2D eigenvalue weighted by molar-refractivity contribution is 0.301. The van der Waals surface area contributed by atoms with Crippen LogP contribution in [0.3, 0.4) is 0 Å². The van der Waals surface area contributed by atoms with Crippen molar-refractivity contribution in [1.29, 1.82) is 0 Å². The molecule has 88 valence electrons. The van der Waals surface area contributed by atoms with Crippen molar-refractivity contribution >= 4 is 15.8 Å². The number of rotatable bonds is 4. The van der Waals surface area contributed by atoms with Gasteiger partial charge in [0.25, 0.3) is 0 Å². The molecule has 1 heterocycles. The second kappa shape index (κ2) is 3.93. The molecule has 0 saturated heterocycles. The molecule has 0 aliphatic heterocycles. The highest BCUT2D eigenvalue weighted by molar-refractivity contribution is 7.92. The highest BCUT2D eigenvalue weighted by atomic mass is 32.2. The Kier molecular flexibility index (Phi) is 2.75. The van der Waals surface area contributed by atoms with Crippen LogP contribution in [-0.2, 0) is 10.0 Å². The standard InChI is InChI=1S/C10H14N2O3S/c1-7-6-11-10(12-16(2,13)14)5-9(7)15-8-3-4-8/h5-6,8H,3-4H2,1-2H3,(H,11,12). The number of aromatic nitrogens is 1. The quantitative estimate of drug-likeness (QED) is 0.864.